The van der Waals surface area contributed by atoms with Gasteiger partial charge in [-0.3, -0.25) is 4.79 Å². The highest BCUT2D eigenvalue weighted by molar-refractivity contribution is 14.1. The number of halogens is 1. The number of amides is 1. The van der Waals surface area contributed by atoms with Crippen molar-refractivity contribution in [3.05, 3.63) is 51.6 Å². The molecule has 29 heavy (non-hydrogen) atoms. The summed E-state index contributed by atoms with van der Waals surface area (Å²) in [6.07, 6.45) is 1.32. The van der Waals surface area contributed by atoms with Crippen LogP contribution in [0.4, 0.5) is 5.69 Å². The lowest BCUT2D eigenvalue weighted by atomic mass is 9.99. The molecule has 0 bridgehead atoms. The maximum Gasteiger partial charge on any atom is 0.243 e. The summed E-state index contributed by atoms with van der Waals surface area (Å²) in [6, 6.07) is 12.4. The van der Waals surface area contributed by atoms with E-state index >= 15 is 0 Å². The molecule has 1 heterocycles. The molecule has 0 aliphatic carbocycles. The molecule has 0 aromatic heterocycles. The van der Waals surface area contributed by atoms with Crippen molar-refractivity contribution < 1.29 is 17.9 Å². The number of sulfonamides is 1. The van der Waals surface area contributed by atoms with Gasteiger partial charge in [-0.2, -0.15) is 4.31 Å². The van der Waals surface area contributed by atoms with Crippen LogP contribution in [0.1, 0.15) is 25.3 Å². The van der Waals surface area contributed by atoms with Crippen LogP contribution in [0.25, 0.3) is 0 Å². The number of benzene rings is 2. The van der Waals surface area contributed by atoms with E-state index in [-0.39, 0.29) is 23.3 Å². The smallest absolute Gasteiger partial charge is 0.243 e. The molecule has 0 radical (unpaired) electrons. The average Bonchev–Trinajstić information content (AvgIpc) is 2.71. The highest BCUT2D eigenvalue weighted by Gasteiger charge is 2.33. The number of carbonyl (C=O) groups is 1. The number of nitrogens with zero attached hydrogens (tertiary/aromatic N) is 1. The molecule has 0 spiro atoms. The maximum atomic E-state index is 13.1. The second kappa shape index (κ2) is 9.44. The minimum Gasteiger partial charge on any atom is -0.494 e. The van der Waals surface area contributed by atoms with Crippen LogP contribution in [0.15, 0.2) is 47.4 Å². The molecule has 6 nitrogen and oxygen atoms in total. The SMILES string of the molecule is CCOc1ccc(S(=O)(=O)N2CCC[C@H](C(=O)Nc3ccc(I)cc3)C2)cc1C. The number of nitrogens with one attached hydrogen (secondary N) is 1. The van der Waals surface area contributed by atoms with Crippen LogP contribution in [-0.4, -0.2) is 38.3 Å². The number of ether oxygens (including phenoxy) is 1. The predicted octanol–water partition coefficient (Wildman–Crippen LogP) is 4.04. The van der Waals surface area contributed by atoms with E-state index in [9.17, 15) is 13.2 Å². The molecule has 8 heteroatoms. The molecule has 1 amide bonds. The lowest BCUT2D eigenvalue weighted by molar-refractivity contribution is -0.120. The molecule has 1 atom stereocenters. The molecule has 3 rings (SSSR count). The number of aryl methyl sites for hydroxylation is 1. The number of piperidine rings is 1. The highest BCUT2D eigenvalue weighted by Crippen LogP contribution is 2.28. The van der Waals surface area contributed by atoms with E-state index in [1.54, 1.807) is 18.2 Å². The number of hydrogen-bond acceptors (Lipinski definition) is 4. The zero-order chi connectivity index (χ0) is 21.0. The molecular formula is C21H25IN2O4S. The third-order valence-corrected chi connectivity index (χ3v) is 7.53. The molecule has 1 aliphatic heterocycles. The molecule has 2 aromatic carbocycles. The van der Waals surface area contributed by atoms with Gasteiger partial charge in [0.1, 0.15) is 5.75 Å². The normalized spacial score (nSPS) is 17.7. The van der Waals surface area contributed by atoms with E-state index < -0.39 is 10.0 Å². The number of rotatable bonds is 6. The summed E-state index contributed by atoms with van der Waals surface area (Å²) in [5.41, 5.74) is 1.50. The lowest BCUT2D eigenvalue weighted by Crippen LogP contribution is -2.43. The summed E-state index contributed by atoms with van der Waals surface area (Å²) in [6.45, 7) is 4.85. The fraction of sp³-hybridized carbons (Fsp3) is 0.381. The summed E-state index contributed by atoms with van der Waals surface area (Å²) < 4.78 is 34.3. The van der Waals surface area contributed by atoms with Crippen LogP contribution in [0.5, 0.6) is 5.75 Å². The van der Waals surface area contributed by atoms with E-state index in [4.69, 9.17) is 4.74 Å². The minimum absolute atomic E-state index is 0.144. The average molecular weight is 528 g/mol. The maximum absolute atomic E-state index is 13.1. The van der Waals surface area contributed by atoms with E-state index in [0.717, 1.165) is 14.8 Å². The fourth-order valence-corrected chi connectivity index (χ4v) is 5.37. The summed E-state index contributed by atoms with van der Waals surface area (Å²) in [4.78, 5) is 12.9. The topological polar surface area (TPSA) is 75.7 Å². The molecule has 1 aliphatic rings. The monoisotopic (exact) mass is 528 g/mol. The van der Waals surface area contributed by atoms with Gasteiger partial charge in [0, 0.05) is 22.3 Å². The van der Waals surface area contributed by atoms with Crippen molar-refractivity contribution in [3.8, 4) is 5.75 Å². The third kappa shape index (κ3) is 5.29. The van der Waals surface area contributed by atoms with Gasteiger partial charge >= 0.3 is 0 Å². The van der Waals surface area contributed by atoms with Crippen LogP contribution >= 0.6 is 22.6 Å². The first-order valence-corrected chi connectivity index (χ1v) is 12.1. The molecule has 156 valence electrons. The summed E-state index contributed by atoms with van der Waals surface area (Å²) in [5, 5.41) is 2.90. The Kier molecular flexibility index (Phi) is 7.18. The van der Waals surface area contributed by atoms with Crippen LogP contribution < -0.4 is 10.1 Å². The van der Waals surface area contributed by atoms with Gasteiger partial charge in [-0.05, 0) is 97.3 Å². The first kappa shape index (κ1) is 22.0. The van der Waals surface area contributed by atoms with Crippen molar-refractivity contribution in [1.29, 1.82) is 0 Å². The molecule has 1 N–H and O–H groups in total. The number of hydrogen-bond donors (Lipinski definition) is 1. The van der Waals surface area contributed by atoms with Crippen molar-refractivity contribution in [1.82, 2.24) is 4.31 Å². The second-order valence-corrected chi connectivity index (χ2v) is 10.2. The molecular weight excluding hydrogens is 503 g/mol. The summed E-state index contributed by atoms with van der Waals surface area (Å²) in [7, 11) is -3.66. The van der Waals surface area contributed by atoms with Crippen molar-refractivity contribution in [2.75, 3.05) is 25.0 Å². The van der Waals surface area contributed by atoms with Crippen LogP contribution in [0, 0.1) is 16.4 Å². The van der Waals surface area contributed by atoms with Crippen LogP contribution in [-0.2, 0) is 14.8 Å². The first-order valence-electron chi connectivity index (χ1n) is 9.61. The number of carbonyl (C=O) groups excluding carboxylic acids is 1. The van der Waals surface area contributed by atoms with Crippen molar-refractivity contribution in [2.45, 2.75) is 31.6 Å². The largest absolute Gasteiger partial charge is 0.494 e. The quantitative estimate of drug-likeness (QED) is 0.575. The van der Waals surface area contributed by atoms with Crippen molar-refractivity contribution >= 4 is 44.2 Å². The van der Waals surface area contributed by atoms with E-state index in [2.05, 4.69) is 27.9 Å². The zero-order valence-corrected chi connectivity index (χ0v) is 19.5. The Balaban J connectivity index is 1.72. The van der Waals surface area contributed by atoms with Crippen LogP contribution in [0.2, 0.25) is 0 Å². The molecule has 0 unspecified atom stereocenters. The molecule has 1 saturated heterocycles. The Bertz CT molecular complexity index is 977. The van der Waals surface area contributed by atoms with Gasteiger partial charge in [0.2, 0.25) is 15.9 Å². The van der Waals surface area contributed by atoms with Gasteiger partial charge in [0.15, 0.2) is 0 Å². The molecule has 2 aromatic rings. The predicted molar refractivity (Wildman–Crippen MR) is 122 cm³/mol. The van der Waals surface area contributed by atoms with Gasteiger partial charge in [-0.25, -0.2) is 8.42 Å². The highest BCUT2D eigenvalue weighted by atomic mass is 127. The van der Waals surface area contributed by atoms with Crippen molar-refractivity contribution in [3.63, 3.8) is 0 Å². The Hall–Kier alpha value is -1.65. The van der Waals surface area contributed by atoms with Gasteiger partial charge in [0.05, 0.1) is 17.4 Å². The standard InChI is InChI=1S/C21H25IN2O4S/c1-3-28-20-11-10-19(13-15(20)2)29(26,27)24-12-4-5-16(14-24)21(25)23-18-8-6-17(22)7-9-18/h6-11,13,16H,3-5,12,14H2,1-2H3,(H,23,25)/t16-/m0/s1. The van der Waals surface area contributed by atoms with E-state index in [1.165, 1.54) is 4.31 Å². The fourth-order valence-electron chi connectivity index (χ4n) is 3.40. The van der Waals surface area contributed by atoms with Crippen molar-refractivity contribution in [2.24, 2.45) is 5.92 Å². The van der Waals surface area contributed by atoms with Gasteiger partial charge in [-0.15, -0.1) is 0 Å². The minimum atomic E-state index is -3.66. The second-order valence-electron chi connectivity index (χ2n) is 7.06. The Morgan fingerprint density at radius 2 is 1.97 bits per heavy atom. The van der Waals surface area contributed by atoms with Gasteiger partial charge in [-0.1, -0.05) is 0 Å². The van der Waals surface area contributed by atoms with Gasteiger partial charge < -0.3 is 10.1 Å². The Morgan fingerprint density at radius 3 is 2.62 bits per heavy atom. The Labute approximate surface area is 185 Å². The lowest BCUT2D eigenvalue weighted by Gasteiger charge is -2.31. The first-order chi connectivity index (χ1) is 13.8. The number of anilines is 1. The Morgan fingerprint density at radius 1 is 1.24 bits per heavy atom. The third-order valence-electron chi connectivity index (χ3n) is 4.95. The molecule has 1 fully saturated rings. The molecule has 0 saturated carbocycles. The van der Waals surface area contributed by atoms with Crippen LogP contribution in [0.3, 0.4) is 0 Å². The van der Waals surface area contributed by atoms with E-state index in [1.807, 2.05) is 38.1 Å². The van der Waals surface area contributed by atoms with E-state index in [0.29, 0.717) is 31.7 Å². The van der Waals surface area contributed by atoms with Gasteiger partial charge in [0.25, 0.3) is 0 Å². The summed E-state index contributed by atoms with van der Waals surface area (Å²) in [5.74, 6) is 0.162. The summed E-state index contributed by atoms with van der Waals surface area (Å²) >= 11 is 2.21. The zero-order valence-electron chi connectivity index (χ0n) is 16.5.